The summed E-state index contributed by atoms with van der Waals surface area (Å²) >= 11 is 10.5. The van der Waals surface area contributed by atoms with Gasteiger partial charge in [0.2, 0.25) is 10.0 Å². The number of alkyl halides is 1. The lowest BCUT2D eigenvalue weighted by molar-refractivity contribution is -0.676. The van der Waals surface area contributed by atoms with Gasteiger partial charge in [-0.15, -0.1) is 11.6 Å². The van der Waals surface area contributed by atoms with Gasteiger partial charge in [-0.1, -0.05) is 11.6 Å². The number of hydrogen-bond acceptors (Lipinski definition) is 8. The van der Waals surface area contributed by atoms with Crippen molar-refractivity contribution in [2.24, 2.45) is 0 Å². The monoisotopic (exact) mass is 588 g/mol. The molecule has 0 saturated heterocycles. The van der Waals surface area contributed by atoms with Gasteiger partial charge >= 0.3 is 0 Å². The molecule has 0 atom stereocenters. The Morgan fingerprint density at radius 3 is 2.34 bits per heavy atom. The number of nitrogens with two attached hydrogens (primary N) is 2. The number of nitrogens with one attached hydrogen (secondary N) is 3. The molecule has 208 valence electrons. The van der Waals surface area contributed by atoms with Gasteiger partial charge in [-0.05, 0) is 26.0 Å². The van der Waals surface area contributed by atoms with Gasteiger partial charge in [0.05, 0.1) is 19.3 Å². The minimum atomic E-state index is -3.33. The number of nitrogens with zero attached hydrogens (tertiary/aromatic N) is 4. The highest BCUT2D eigenvalue weighted by atomic mass is 35.5. The summed E-state index contributed by atoms with van der Waals surface area (Å²) in [4.78, 5) is 33.1. The maximum atomic E-state index is 12.7. The molecule has 0 saturated carbocycles. The Balaban J connectivity index is 0.00000247. The van der Waals surface area contributed by atoms with Gasteiger partial charge in [0, 0.05) is 31.1 Å². The SMILES string of the molecule is CCl.CCn1c(CNC(=O)c2nc(Cl)c(N)nc2N)[n+](CC)c2ccc(C(=O)NCCNS(C)(=O)=O)cc21. The quantitative estimate of drug-likeness (QED) is 0.129. The number of anilines is 2. The summed E-state index contributed by atoms with van der Waals surface area (Å²) in [6.45, 7) is 5.51. The number of halogens is 2. The van der Waals surface area contributed by atoms with Crippen LogP contribution in [0.2, 0.25) is 5.15 Å². The van der Waals surface area contributed by atoms with Gasteiger partial charge < -0.3 is 22.1 Å². The van der Waals surface area contributed by atoms with Crippen molar-refractivity contribution in [1.82, 2.24) is 29.9 Å². The average Bonchev–Trinajstić information content (AvgIpc) is 3.19. The van der Waals surface area contributed by atoms with E-state index in [9.17, 15) is 18.0 Å². The highest BCUT2D eigenvalue weighted by Gasteiger charge is 2.26. The van der Waals surface area contributed by atoms with Crippen molar-refractivity contribution in [1.29, 1.82) is 0 Å². The van der Waals surface area contributed by atoms with Gasteiger partial charge in [0.25, 0.3) is 17.6 Å². The molecule has 0 unspecified atom stereocenters. The molecule has 13 nitrogen and oxygen atoms in total. The van der Waals surface area contributed by atoms with Crippen molar-refractivity contribution in [3.05, 3.63) is 40.4 Å². The molecule has 38 heavy (non-hydrogen) atoms. The number of sulfonamides is 1. The zero-order chi connectivity index (χ0) is 28.6. The fourth-order valence-electron chi connectivity index (χ4n) is 3.80. The number of fused-ring (bicyclic) bond motifs is 1. The van der Waals surface area contributed by atoms with Crippen LogP contribution in [0.25, 0.3) is 11.0 Å². The van der Waals surface area contributed by atoms with Gasteiger partial charge in [0.15, 0.2) is 33.5 Å². The van der Waals surface area contributed by atoms with Crippen molar-refractivity contribution in [2.75, 3.05) is 37.2 Å². The Morgan fingerprint density at radius 1 is 1.05 bits per heavy atom. The third-order valence-corrected chi connectivity index (χ3v) is 6.38. The Morgan fingerprint density at radius 2 is 1.74 bits per heavy atom. The highest BCUT2D eigenvalue weighted by molar-refractivity contribution is 7.88. The lowest BCUT2D eigenvalue weighted by Gasteiger charge is -2.08. The summed E-state index contributed by atoms with van der Waals surface area (Å²) in [5, 5.41) is 5.38. The number of amides is 2. The minimum Gasteiger partial charge on any atom is -0.382 e. The van der Waals surface area contributed by atoms with E-state index in [0.29, 0.717) is 18.7 Å². The molecule has 0 aliphatic carbocycles. The first-order chi connectivity index (χ1) is 18.0. The molecule has 3 rings (SSSR count). The van der Waals surface area contributed by atoms with Crippen LogP contribution >= 0.6 is 23.2 Å². The molecule has 0 fully saturated rings. The number of carbonyl (C=O) groups is 2. The van der Waals surface area contributed by atoms with Crippen molar-refractivity contribution in [2.45, 2.75) is 33.5 Å². The number of rotatable bonds is 10. The average molecular weight is 590 g/mol. The molecule has 0 aliphatic heterocycles. The number of carbonyl (C=O) groups excluding carboxylic acids is 2. The van der Waals surface area contributed by atoms with Gasteiger partial charge in [-0.3, -0.25) is 9.59 Å². The van der Waals surface area contributed by atoms with Gasteiger partial charge in [-0.25, -0.2) is 32.2 Å². The summed E-state index contributed by atoms with van der Waals surface area (Å²) in [7, 11) is -3.33. The molecule has 7 N–H and O–H groups in total. The molecule has 0 aliphatic rings. The van der Waals surface area contributed by atoms with E-state index in [1.54, 1.807) is 12.1 Å². The lowest BCUT2D eigenvalue weighted by Crippen LogP contribution is -2.40. The maximum Gasteiger partial charge on any atom is 0.277 e. The molecule has 2 aromatic heterocycles. The fraction of sp³-hybridized carbons (Fsp3) is 0.409. The number of imidazole rings is 1. The molecule has 1 aromatic carbocycles. The summed E-state index contributed by atoms with van der Waals surface area (Å²) in [6, 6.07) is 5.30. The Labute approximate surface area is 230 Å². The van der Waals surface area contributed by atoms with Crippen LogP contribution in [0.1, 0.15) is 40.5 Å². The van der Waals surface area contributed by atoms with Crippen LogP contribution in [0.4, 0.5) is 11.6 Å². The Bertz CT molecular complexity index is 1430. The number of aromatic nitrogens is 4. The largest absolute Gasteiger partial charge is 0.382 e. The highest BCUT2D eigenvalue weighted by Crippen LogP contribution is 2.19. The second kappa shape index (κ2) is 13.6. The molecule has 2 heterocycles. The summed E-state index contributed by atoms with van der Waals surface area (Å²) < 4.78 is 28.7. The Hall–Kier alpha value is -3.20. The predicted octanol–water partition coefficient (Wildman–Crippen LogP) is 0.640. The number of benzene rings is 1. The van der Waals surface area contributed by atoms with Gasteiger partial charge in [-0.2, -0.15) is 0 Å². The number of aryl methyl sites for hydroxylation is 2. The zero-order valence-corrected chi connectivity index (χ0v) is 23.8. The minimum absolute atomic E-state index is 0.0628. The third-order valence-electron chi connectivity index (χ3n) is 5.38. The van der Waals surface area contributed by atoms with Crippen LogP contribution in [0.3, 0.4) is 0 Å². The summed E-state index contributed by atoms with van der Waals surface area (Å²) in [6.07, 6.45) is 2.53. The van der Waals surface area contributed by atoms with E-state index < -0.39 is 15.9 Å². The fourth-order valence-corrected chi connectivity index (χ4v) is 4.40. The number of nitrogen functional groups attached to an aromatic ring is 2. The lowest BCUT2D eigenvalue weighted by atomic mass is 10.2. The van der Waals surface area contributed by atoms with Gasteiger partial charge in [0.1, 0.15) is 6.54 Å². The normalized spacial score (nSPS) is 11.1. The molecule has 0 radical (unpaired) electrons. The molecule has 0 spiro atoms. The third kappa shape index (κ3) is 7.43. The van der Waals surface area contributed by atoms with E-state index in [4.69, 9.17) is 23.1 Å². The van der Waals surface area contributed by atoms with E-state index in [2.05, 4.69) is 36.9 Å². The van der Waals surface area contributed by atoms with Crippen molar-refractivity contribution in [3.63, 3.8) is 0 Å². The molecule has 2 amide bonds. The van der Waals surface area contributed by atoms with Crippen LogP contribution in [0.15, 0.2) is 18.2 Å². The van der Waals surface area contributed by atoms with E-state index >= 15 is 0 Å². The Kier molecular flexibility index (Phi) is 11.1. The second-order valence-electron chi connectivity index (χ2n) is 7.85. The van der Waals surface area contributed by atoms with Crippen LogP contribution in [-0.4, -0.2) is 60.5 Å². The van der Waals surface area contributed by atoms with Crippen LogP contribution in [0.5, 0.6) is 0 Å². The van der Waals surface area contributed by atoms with E-state index in [-0.39, 0.29) is 48.0 Å². The maximum absolute atomic E-state index is 12.7. The first-order valence-electron chi connectivity index (χ1n) is 11.5. The molecule has 3 aromatic rings. The van der Waals surface area contributed by atoms with E-state index in [0.717, 1.165) is 23.1 Å². The van der Waals surface area contributed by atoms with Crippen molar-refractivity contribution >= 4 is 67.7 Å². The summed E-state index contributed by atoms with van der Waals surface area (Å²) in [5.41, 5.74) is 13.4. The van der Waals surface area contributed by atoms with Crippen molar-refractivity contribution in [3.8, 4) is 0 Å². The first-order valence-corrected chi connectivity index (χ1v) is 14.5. The van der Waals surface area contributed by atoms with E-state index in [1.807, 2.05) is 29.0 Å². The second-order valence-corrected chi connectivity index (χ2v) is 10.0. The number of hydrogen-bond donors (Lipinski definition) is 5. The molecule has 0 bridgehead atoms. The van der Waals surface area contributed by atoms with Crippen LogP contribution < -0.4 is 31.4 Å². The predicted molar refractivity (Wildman–Crippen MR) is 147 cm³/mol. The molecule has 16 heteroatoms. The van der Waals surface area contributed by atoms with Crippen LogP contribution in [0, 0.1) is 0 Å². The van der Waals surface area contributed by atoms with Crippen LogP contribution in [-0.2, 0) is 29.7 Å². The van der Waals surface area contributed by atoms with E-state index in [1.165, 1.54) is 6.38 Å². The first kappa shape index (κ1) is 31.0. The molecular formula is C22H32Cl2N9O4S+. The van der Waals surface area contributed by atoms with Crippen molar-refractivity contribution < 1.29 is 22.6 Å². The standard InChI is InChI=1S/C21H28ClN9O4S.CH3Cl/c1-4-30-13-7-6-12(20(32)25-8-9-27-36(3,34)35)10-14(13)31(5-2)15(30)11-26-21(33)16-18(23)29-19(24)17(22)28-16;1-2/h6-7,10,27H,4-5,8-9,11H2,1-3H3,(H5-,23,24,25,26,29,32,33);1H3/p+1. The molecular weight excluding hydrogens is 557 g/mol. The summed E-state index contributed by atoms with van der Waals surface area (Å²) in [5.74, 6) is -0.279. The zero-order valence-electron chi connectivity index (χ0n) is 21.5. The smallest absolute Gasteiger partial charge is 0.277 e. The topological polar surface area (TPSA) is 191 Å².